The van der Waals surface area contributed by atoms with E-state index in [0.717, 1.165) is 63.6 Å². The summed E-state index contributed by atoms with van der Waals surface area (Å²) in [5, 5.41) is 4.59. The van der Waals surface area contributed by atoms with Gasteiger partial charge in [-0.3, -0.25) is 4.90 Å². The molecule has 0 radical (unpaired) electrons. The van der Waals surface area contributed by atoms with E-state index in [9.17, 15) is 13.2 Å². The number of nitrogens with zero attached hydrogens (tertiary/aromatic N) is 6. The number of hydrogen-bond donors (Lipinski definition) is 0. The summed E-state index contributed by atoms with van der Waals surface area (Å²) >= 11 is 0. The third-order valence-electron chi connectivity index (χ3n) is 6.22. The predicted molar refractivity (Wildman–Crippen MR) is 108 cm³/mol. The van der Waals surface area contributed by atoms with E-state index in [0.29, 0.717) is 23.5 Å². The molecule has 7 nitrogen and oxygen atoms in total. The van der Waals surface area contributed by atoms with Crippen molar-refractivity contribution in [3.63, 3.8) is 0 Å². The Labute approximate surface area is 180 Å². The Morgan fingerprint density at radius 1 is 1.19 bits per heavy atom. The lowest BCUT2D eigenvalue weighted by Gasteiger charge is -2.36. The highest BCUT2D eigenvalue weighted by atomic mass is 19.4. The zero-order valence-electron chi connectivity index (χ0n) is 18.1. The summed E-state index contributed by atoms with van der Waals surface area (Å²) < 4.78 is 46.0. The lowest BCUT2D eigenvalue weighted by Crippen LogP contribution is -2.46. The molecule has 2 aromatic heterocycles. The molecule has 0 spiro atoms. The fraction of sp³-hybridized carbons (Fsp3) is 0.714. The molecule has 0 amide bonds. The van der Waals surface area contributed by atoms with Crippen LogP contribution in [-0.4, -0.2) is 61.5 Å². The number of aromatic nitrogens is 5. The third kappa shape index (κ3) is 4.74. The fourth-order valence-electron chi connectivity index (χ4n) is 4.55. The molecule has 31 heavy (non-hydrogen) atoms. The normalized spacial score (nSPS) is 25.5. The molecule has 2 aliphatic rings. The second kappa shape index (κ2) is 8.82. The van der Waals surface area contributed by atoms with Crippen LogP contribution in [0.4, 0.5) is 13.2 Å². The minimum atomic E-state index is -4.57. The molecule has 2 aromatic rings. The molecular formula is C21H29F3N6O. The number of alkyl halides is 3. The number of morpholine rings is 1. The van der Waals surface area contributed by atoms with Gasteiger partial charge in [-0.15, -0.1) is 0 Å². The number of hydrogen-bond acceptors (Lipinski definition) is 6. The maximum Gasteiger partial charge on any atom is 0.451 e. The molecule has 4 rings (SSSR count). The highest BCUT2D eigenvalue weighted by Crippen LogP contribution is 2.38. The molecule has 0 unspecified atom stereocenters. The molecule has 2 fully saturated rings. The van der Waals surface area contributed by atoms with Gasteiger partial charge >= 0.3 is 6.18 Å². The summed E-state index contributed by atoms with van der Waals surface area (Å²) in [7, 11) is 0. The SMILES string of the molecule is CC[C@H]1CN([C@H]2CC[C@@H](c3nc(-c4cnc(C(F)(F)F)nc4)nn3C(C)C)C2)CCO1. The standard InChI is InChI=1S/C21H29F3N6O/c1-4-17-12-29(7-8-31-17)16-6-5-14(9-16)19-27-18(28-30(19)13(2)3)15-10-25-20(26-11-15)21(22,23)24/h10-11,13-14,16-17H,4-9,12H2,1-3H3/t14-,16+,17+/m1/s1. The molecule has 1 saturated heterocycles. The Morgan fingerprint density at radius 3 is 2.58 bits per heavy atom. The zero-order valence-corrected chi connectivity index (χ0v) is 18.1. The maximum atomic E-state index is 12.8. The van der Waals surface area contributed by atoms with Gasteiger partial charge in [0.25, 0.3) is 0 Å². The molecule has 1 saturated carbocycles. The quantitative estimate of drug-likeness (QED) is 0.701. The average Bonchev–Trinajstić information content (AvgIpc) is 3.41. The summed E-state index contributed by atoms with van der Waals surface area (Å²) in [4.78, 5) is 14.2. The Bertz CT molecular complexity index is 882. The van der Waals surface area contributed by atoms with E-state index in [2.05, 4.69) is 26.9 Å². The monoisotopic (exact) mass is 438 g/mol. The van der Waals surface area contributed by atoms with Crippen LogP contribution in [-0.2, 0) is 10.9 Å². The second-order valence-electron chi connectivity index (χ2n) is 8.68. The van der Waals surface area contributed by atoms with Gasteiger partial charge in [0.1, 0.15) is 5.82 Å². The van der Waals surface area contributed by atoms with Crippen molar-refractivity contribution < 1.29 is 17.9 Å². The van der Waals surface area contributed by atoms with E-state index < -0.39 is 12.0 Å². The van der Waals surface area contributed by atoms with Gasteiger partial charge < -0.3 is 4.74 Å². The van der Waals surface area contributed by atoms with Gasteiger partial charge in [-0.05, 0) is 39.5 Å². The van der Waals surface area contributed by atoms with Gasteiger partial charge in [0.15, 0.2) is 5.82 Å². The summed E-state index contributed by atoms with van der Waals surface area (Å²) in [6.07, 6.45) is 2.18. The summed E-state index contributed by atoms with van der Waals surface area (Å²) in [5.74, 6) is 0.382. The first kappa shape index (κ1) is 22.1. The molecule has 3 heterocycles. The van der Waals surface area contributed by atoms with Gasteiger partial charge in [0.05, 0.1) is 18.3 Å². The van der Waals surface area contributed by atoms with E-state index in [1.165, 1.54) is 0 Å². The first-order valence-electron chi connectivity index (χ1n) is 11.0. The van der Waals surface area contributed by atoms with Crippen LogP contribution in [0.2, 0.25) is 0 Å². The van der Waals surface area contributed by atoms with Crippen molar-refractivity contribution in [2.24, 2.45) is 0 Å². The van der Waals surface area contributed by atoms with Crippen molar-refractivity contribution in [2.45, 2.75) is 76.7 Å². The second-order valence-corrected chi connectivity index (χ2v) is 8.68. The summed E-state index contributed by atoms with van der Waals surface area (Å²) in [6, 6.07) is 0.594. The van der Waals surface area contributed by atoms with Crippen molar-refractivity contribution in [1.29, 1.82) is 0 Å². The number of ether oxygens (including phenoxy) is 1. The van der Waals surface area contributed by atoms with Gasteiger partial charge in [-0.2, -0.15) is 18.3 Å². The molecule has 10 heteroatoms. The molecule has 170 valence electrons. The number of rotatable bonds is 5. The van der Waals surface area contributed by atoms with Crippen LogP contribution < -0.4 is 0 Å². The van der Waals surface area contributed by atoms with Gasteiger partial charge in [0.2, 0.25) is 5.82 Å². The largest absolute Gasteiger partial charge is 0.451 e. The Kier molecular flexibility index (Phi) is 6.30. The molecule has 1 aliphatic heterocycles. The van der Waals surface area contributed by atoms with E-state index >= 15 is 0 Å². The van der Waals surface area contributed by atoms with E-state index in [1.54, 1.807) is 0 Å². The van der Waals surface area contributed by atoms with Crippen molar-refractivity contribution in [3.05, 3.63) is 24.0 Å². The van der Waals surface area contributed by atoms with E-state index in [4.69, 9.17) is 9.72 Å². The van der Waals surface area contributed by atoms with Crippen molar-refractivity contribution in [2.75, 3.05) is 19.7 Å². The minimum Gasteiger partial charge on any atom is -0.376 e. The first-order chi connectivity index (χ1) is 14.8. The number of halogens is 3. The van der Waals surface area contributed by atoms with Crippen molar-refractivity contribution in [3.8, 4) is 11.4 Å². The fourth-order valence-corrected chi connectivity index (χ4v) is 4.55. The van der Waals surface area contributed by atoms with Crippen LogP contribution in [0, 0.1) is 0 Å². The topological polar surface area (TPSA) is 69.0 Å². The Hall–Kier alpha value is -2.07. The van der Waals surface area contributed by atoms with Crippen molar-refractivity contribution in [1.82, 2.24) is 29.6 Å². The summed E-state index contributed by atoms with van der Waals surface area (Å²) in [6.45, 7) is 8.93. The molecular weight excluding hydrogens is 409 g/mol. The average molecular weight is 438 g/mol. The van der Waals surface area contributed by atoms with Crippen LogP contribution in [0.5, 0.6) is 0 Å². The van der Waals surface area contributed by atoms with Crippen LogP contribution >= 0.6 is 0 Å². The molecule has 3 atom stereocenters. The smallest absolute Gasteiger partial charge is 0.376 e. The van der Waals surface area contributed by atoms with E-state index in [1.807, 2.05) is 18.5 Å². The lowest BCUT2D eigenvalue weighted by atomic mass is 10.1. The van der Waals surface area contributed by atoms with Crippen LogP contribution in [0.25, 0.3) is 11.4 Å². The Balaban J connectivity index is 1.53. The molecule has 0 bridgehead atoms. The van der Waals surface area contributed by atoms with Crippen LogP contribution in [0.3, 0.4) is 0 Å². The first-order valence-corrected chi connectivity index (χ1v) is 11.0. The van der Waals surface area contributed by atoms with Crippen LogP contribution in [0.15, 0.2) is 12.4 Å². The van der Waals surface area contributed by atoms with Crippen molar-refractivity contribution >= 4 is 0 Å². The highest BCUT2D eigenvalue weighted by molar-refractivity contribution is 5.51. The molecule has 0 aromatic carbocycles. The third-order valence-corrected chi connectivity index (χ3v) is 6.22. The van der Waals surface area contributed by atoms with Gasteiger partial charge in [-0.1, -0.05) is 6.92 Å². The highest BCUT2D eigenvalue weighted by Gasteiger charge is 2.36. The lowest BCUT2D eigenvalue weighted by molar-refractivity contribution is -0.144. The molecule has 1 aliphatic carbocycles. The zero-order chi connectivity index (χ0) is 22.2. The predicted octanol–water partition coefficient (Wildman–Crippen LogP) is 4.08. The maximum absolute atomic E-state index is 12.8. The van der Waals surface area contributed by atoms with Gasteiger partial charge in [0, 0.05) is 43.5 Å². The molecule has 0 N–H and O–H groups in total. The van der Waals surface area contributed by atoms with Gasteiger partial charge in [-0.25, -0.2) is 19.6 Å². The summed E-state index contributed by atoms with van der Waals surface area (Å²) in [5.41, 5.74) is 0.391. The van der Waals surface area contributed by atoms with Crippen LogP contribution in [0.1, 0.15) is 70.1 Å². The minimum absolute atomic E-state index is 0.0959. The van der Waals surface area contributed by atoms with E-state index in [-0.39, 0.29) is 12.0 Å². The Morgan fingerprint density at radius 2 is 1.94 bits per heavy atom.